The van der Waals surface area contributed by atoms with E-state index in [1.54, 1.807) is 24.3 Å². The van der Waals surface area contributed by atoms with Crippen LogP contribution >= 0.6 is 0 Å². The van der Waals surface area contributed by atoms with Crippen LogP contribution in [0, 0.1) is 10.1 Å². The molecule has 0 fully saturated rings. The molecule has 6 nitrogen and oxygen atoms in total. The summed E-state index contributed by atoms with van der Waals surface area (Å²) in [7, 11) is 0. The minimum absolute atomic E-state index is 0.0404. The van der Waals surface area contributed by atoms with Gasteiger partial charge in [0.1, 0.15) is 11.9 Å². The van der Waals surface area contributed by atoms with E-state index in [9.17, 15) is 15.2 Å². The van der Waals surface area contributed by atoms with Crippen molar-refractivity contribution in [2.45, 2.75) is 12.2 Å². The summed E-state index contributed by atoms with van der Waals surface area (Å²) in [6.45, 7) is -0.452. The zero-order chi connectivity index (χ0) is 15.2. The Morgan fingerprint density at radius 1 is 1.10 bits per heavy atom. The van der Waals surface area contributed by atoms with Crippen molar-refractivity contribution in [2.75, 3.05) is 6.61 Å². The zero-order valence-corrected chi connectivity index (χ0v) is 11.1. The van der Waals surface area contributed by atoms with Crippen molar-refractivity contribution in [3.05, 3.63) is 70.3 Å². The molecule has 0 aliphatic heterocycles. The molecule has 2 N–H and O–H groups in total. The summed E-state index contributed by atoms with van der Waals surface area (Å²) in [4.78, 5) is 10.1. The van der Waals surface area contributed by atoms with Gasteiger partial charge in [-0.3, -0.25) is 10.1 Å². The number of benzene rings is 2. The third kappa shape index (κ3) is 3.77. The number of hydrogen-bond donors (Lipinski definition) is 2. The maximum atomic E-state index is 10.6. The lowest BCUT2D eigenvalue weighted by atomic mass is 10.0. The van der Waals surface area contributed by atoms with E-state index in [2.05, 4.69) is 0 Å². The lowest BCUT2D eigenvalue weighted by Crippen LogP contribution is -2.27. The van der Waals surface area contributed by atoms with Gasteiger partial charge < -0.3 is 14.9 Å². The zero-order valence-electron chi connectivity index (χ0n) is 11.1. The van der Waals surface area contributed by atoms with Gasteiger partial charge in [-0.15, -0.1) is 0 Å². The van der Waals surface area contributed by atoms with Crippen molar-refractivity contribution in [1.29, 1.82) is 0 Å². The summed E-state index contributed by atoms with van der Waals surface area (Å²) in [6.07, 6.45) is -1.85. The molecule has 21 heavy (non-hydrogen) atoms. The second kappa shape index (κ2) is 6.83. The molecular weight excluding hydrogens is 274 g/mol. The van der Waals surface area contributed by atoms with E-state index in [1.807, 2.05) is 6.07 Å². The fourth-order valence-corrected chi connectivity index (χ4v) is 1.90. The molecule has 0 aliphatic carbocycles. The lowest BCUT2D eigenvalue weighted by Gasteiger charge is -2.23. The lowest BCUT2D eigenvalue weighted by molar-refractivity contribution is -0.384. The Hall–Kier alpha value is -2.44. The number of nitro benzene ring substituents is 1. The minimum atomic E-state index is -1.09. The Kier molecular flexibility index (Phi) is 4.86. The van der Waals surface area contributed by atoms with Crippen molar-refractivity contribution in [1.82, 2.24) is 0 Å². The fraction of sp³-hybridized carbons (Fsp3) is 0.200. The van der Waals surface area contributed by atoms with E-state index < -0.39 is 23.7 Å². The quantitative estimate of drug-likeness (QED) is 0.627. The van der Waals surface area contributed by atoms with Gasteiger partial charge in [-0.25, -0.2) is 0 Å². The fourth-order valence-electron chi connectivity index (χ4n) is 1.90. The molecule has 0 aromatic heterocycles. The second-order valence-electron chi connectivity index (χ2n) is 4.45. The topological polar surface area (TPSA) is 92.8 Å². The van der Waals surface area contributed by atoms with Crippen LogP contribution in [0.1, 0.15) is 11.7 Å². The van der Waals surface area contributed by atoms with Crippen LogP contribution in [0.5, 0.6) is 5.75 Å². The van der Waals surface area contributed by atoms with Crippen LogP contribution in [0.2, 0.25) is 0 Å². The van der Waals surface area contributed by atoms with E-state index in [0.29, 0.717) is 11.3 Å². The second-order valence-corrected chi connectivity index (χ2v) is 4.45. The smallest absolute Gasteiger partial charge is 0.269 e. The maximum absolute atomic E-state index is 10.6. The van der Waals surface area contributed by atoms with Crippen LogP contribution in [0.15, 0.2) is 54.6 Å². The van der Waals surface area contributed by atoms with Gasteiger partial charge in [-0.1, -0.05) is 30.3 Å². The number of aliphatic hydroxyl groups excluding tert-OH is 2. The van der Waals surface area contributed by atoms with Gasteiger partial charge in [0.2, 0.25) is 0 Å². The number of rotatable bonds is 6. The third-order valence-electron chi connectivity index (χ3n) is 2.98. The van der Waals surface area contributed by atoms with Gasteiger partial charge in [0, 0.05) is 12.1 Å². The maximum Gasteiger partial charge on any atom is 0.269 e. The molecule has 2 atom stereocenters. The summed E-state index contributed by atoms with van der Waals surface area (Å²) in [5.41, 5.74) is 0.665. The Bertz CT molecular complexity index is 585. The number of aliphatic hydroxyl groups is 2. The SMILES string of the molecule is O=[N+]([O-])c1ccc(O[C@H](c2ccccc2)[C@@H](O)CO)cc1. The first-order valence-electron chi connectivity index (χ1n) is 6.37. The van der Waals surface area contributed by atoms with E-state index in [4.69, 9.17) is 9.84 Å². The Balaban J connectivity index is 2.21. The Morgan fingerprint density at radius 3 is 2.24 bits per heavy atom. The summed E-state index contributed by atoms with van der Waals surface area (Å²) < 4.78 is 5.66. The van der Waals surface area contributed by atoms with Crippen LogP contribution in [0.4, 0.5) is 5.69 Å². The van der Waals surface area contributed by atoms with Gasteiger partial charge in [-0.05, 0) is 17.7 Å². The summed E-state index contributed by atoms with van der Waals surface area (Å²) in [6, 6.07) is 14.5. The molecule has 0 saturated carbocycles. The van der Waals surface area contributed by atoms with Gasteiger partial charge in [0.25, 0.3) is 5.69 Å². The van der Waals surface area contributed by atoms with Crippen molar-refractivity contribution in [3.63, 3.8) is 0 Å². The van der Waals surface area contributed by atoms with E-state index >= 15 is 0 Å². The highest BCUT2D eigenvalue weighted by Crippen LogP contribution is 2.26. The van der Waals surface area contributed by atoms with Crippen molar-refractivity contribution >= 4 is 5.69 Å². The van der Waals surface area contributed by atoms with Gasteiger partial charge in [0.15, 0.2) is 6.10 Å². The van der Waals surface area contributed by atoms with E-state index in [1.165, 1.54) is 24.3 Å². The molecule has 2 aromatic carbocycles. The first-order chi connectivity index (χ1) is 10.1. The summed E-state index contributed by atoms with van der Waals surface area (Å²) in [5, 5.41) is 29.6. The summed E-state index contributed by atoms with van der Waals surface area (Å²) in [5.74, 6) is 0.377. The monoisotopic (exact) mass is 289 g/mol. The molecule has 0 spiro atoms. The van der Waals surface area contributed by atoms with E-state index in [-0.39, 0.29) is 5.69 Å². The molecule has 6 heteroatoms. The van der Waals surface area contributed by atoms with Crippen LogP contribution in [-0.2, 0) is 0 Å². The summed E-state index contributed by atoms with van der Waals surface area (Å²) >= 11 is 0. The highest BCUT2D eigenvalue weighted by molar-refractivity contribution is 5.36. The number of non-ortho nitro benzene ring substituents is 1. The normalized spacial score (nSPS) is 13.4. The molecule has 0 aliphatic rings. The van der Waals surface area contributed by atoms with Crippen molar-refractivity contribution < 1.29 is 19.9 Å². The molecule has 0 unspecified atom stereocenters. The molecule has 0 saturated heterocycles. The first kappa shape index (κ1) is 15.0. The Morgan fingerprint density at radius 2 is 1.71 bits per heavy atom. The molecule has 0 bridgehead atoms. The molecule has 0 heterocycles. The largest absolute Gasteiger partial charge is 0.483 e. The van der Waals surface area contributed by atoms with Crippen molar-refractivity contribution in [2.24, 2.45) is 0 Å². The van der Waals surface area contributed by atoms with Crippen molar-refractivity contribution in [3.8, 4) is 5.75 Å². The number of nitrogens with zero attached hydrogens (tertiary/aromatic N) is 1. The van der Waals surface area contributed by atoms with Gasteiger partial charge in [0.05, 0.1) is 11.5 Å². The molecule has 2 rings (SSSR count). The number of hydrogen-bond acceptors (Lipinski definition) is 5. The standard InChI is InChI=1S/C15H15NO5/c17-10-14(18)15(11-4-2-1-3-5-11)21-13-8-6-12(7-9-13)16(19)20/h1-9,14-15,17-18H,10H2/t14-,15+/m0/s1. The number of ether oxygens (including phenoxy) is 1. The number of nitro groups is 1. The molecule has 0 amide bonds. The van der Waals surface area contributed by atoms with Gasteiger partial charge in [-0.2, -0.15) is 0 Å². The highest BCUT2D eigenvalue weighted by Gasteiger charge is 2.22. The average Bonchev–Trinajstić information content (AvgIpc) is 2.53. The van der Waals surface area contributed by atoms with Gasteiger partial charge >= 0.3 is 0 Å². The van der Waals surface area contributed by atoms with Crippen LogP contribution < -0.4 is 4.74 Å². The predicted molar refractivity (Wildman–Crippen MR) is 76.0 cm³/mol. The van der Waals surface area contributed by atoms with Crippen LogP contribution in [-0.4, -0.2) is 27.8 Å². The van der Waals surface area contributed by atoms with E-state index in [0.717, 1.165) is 0 Å². The van der Waals surface area contributed by atoms with Crippen LogP contribution in [0.3, 0.4) is 0 Å². The molecule has 110 valence electrons. The average molecular weight is 289 g/mol. The molecular formula is C15H15NO5. The molecule has 2 aromatic rings. The Labute approximate surface area is 121 Å². The van der Waals surface area contributed by atoms with Crippen LogP contribution in [0.25, 0.3) is 0 Å². The molecule has 0 radical (unpaired) electrons. The highest BCUT2D eigenvalue weighted by atomic mass is 16.6. The first-order valence-corrected chi connectivity index (χ1v) is 6.37. The predicted octanol–water partition coefficient (Wildman–Crippen LogP) is 2.07. The minimum Gasteiger partial charge on any atom is -0.483 e. The third-order valence-corrected chi connectivity index (χ3v) is 2.98.